The fourth-order valence-electron chi connectivity index (χ4n) is 2.57. The molecule has 0 heterocycles. The quantitative estimate of drug-likeness (QED) is 0.893. The summed E-state index contributed by atoms with van der Waals surface area (Å²) < 4.78 is 0. The highest BCUT2D eigenvalue weighted by molar-refractivity contribution is 6.36. The maximum atomic E-state index is 12.4. The van der Waals surface area contributed by atoms with Gasteiger partial charge in [-0.15, -0.1) is 0 Å². The van der Waals surface area contributed by atoms with Crippen molar-refractivity contribution in [1.82, 2.24) is 0 Å². The molecule has 1 aromatic rings. The fraction of sp³-hybridized carbons (Fsp3) is 0.500. The lowest BCUT2D eigenvalue weighted by Crippen LogP contribution is -2.40. The average molecular weight is 301 g/mol. The molecule has 0 spiro atoms. The molecular formula is C14H18Cl2N2O. The Hall–Kier alpha value is -0.770. The predicted octanol–water partition coefficient (Wildman–Crippen LogP) is 3.76. The molecule has 0 radical (unpaired) electrons. The summed E-state index contributed by atoms with van der Waals surface area (Å²) in [6.45, 7) is 2.24. The second-order valence-electron chi connectivity index (χ2n) is 5.23. The number of carbonyl (C=O) groups is 1. The molecule has 0 aliphatic heterocycles. The summed E-state index contributed by atoms with van der Waals surface area (Å²) >= 11 is 12.2. The van der Waals surface area contributed by atoms with Crippen LogP contribution in [0.1, 0.15) is 31.2 Å². The van der Waals surface area contributed by atoms with Crippen molar-refractivity contribution >= 4 is 34.8 Å². The Morgan fingerprint density at radius 1 is 1.32 bits per heavy atom. The average Bonchev–Trinajstić information content (AvgIpc) is 2.86. The summed E-state index contributed by atoms with van der Waals surface area (Å²) in [6.07, 6.45) is 3.78. The molecule has 19 heavy (non-hydrogen) atoms. The minimum absolute atomic E-state index is 0.0469. The first-order chi connectivity index (χ1) is 8.98. The van der Waals surface area contributed by atoms with E-state index in [4.69, 9.17) is 28.9 Å². The van der Waals surface area contributed by atoms with Crippen molar-refractivity contribution in [1.29, 1.82) is 0 Å². The number of hydrogen-bond acceptors (Lipinski definition) is 2. The van der Waals surface area contributed by atoms with Gasteiger partial charge in [0.15, 0.2) is 0 Å². The molecule has 2 rings (SSSR count). The zero-order valence-corrected chi connectivity index (χ0v) is 12.4. The maximum absolute atomic E-state index is 12.4. The maximum Gasteiger partial charge on any atom is 0.231 e. The third kappa shape index (κ3) is 2.88. The molecule has 104 valence electrons. The van der Waals surface area contributed by atoms with Gasteiger partial charge in [0.2, 0.25) is 5.91 Å². The van der Waals surface area contributed by atoms with E-state index in [9.17, 15) is 4.79 Å². The van der Waals surface area contributed by atoms with Crippen LogP contribution in [0.4, 0.5) is 5.69 Å². The van der Waals surface area contributed by atoms with Crippen molar-refractivity contribution in [2.45, 2.75) is 32.6 Å². The van der Waals surface area contributed by atoms with E-state index in [2.05, 4.69) is 5.32 Å². The number of hydrogen-bond donors (Lipinski definition) is 2. The van der Waals surface area contributed by atoms with Crippen LogP contribution in [0.2, 0.25) is 10.0 Å². The summed E-state index contributed by atoms with van der Waals surface area (Å²) in [7, 11) is 0. The number of aryl methyl sites for hydroxylation is 1. The molecule has 0 atom stereocenters. The molecule has 1 amide bonds. The van der Waals surface area contributed by atoms with Gasteiger partial charge in [-0.05, 0) is 37.5 Å². The van der Waals surface area contributed by atoms with Crippen LogP contribution in [-0.4, -0.2) is 12.5 Å². The van der Waals surface area contributed by atoms with E-state index < -0.39 is 5.41 Å². The molecule has 1 fully saturated rings. The second kappa shape index (κ2) is 5.70. The zero-order chi connectivity index (χ0) is 14.0. The van der Waals surface area contributed by atoms with E-state index in [0.717, 1.165) is 31.2 Å². The van der Waals surface area contributed by atoms with Gasteiger partial charge in [-0.2, -0.15) is 0 Å². The Labute approximate surface area is 123 Å². The first-order valence-electron chi connectivity index (χ1n) is 6.46. The summed E-state index contributed by atoms with van der Waals surface area (Å²) in [4.78, 5) is 12.4. The lowest BCUT2D eigenvalue weighted by atomic mass is 9.85. The first-order valence-corrected chi connectivity index (χ1v) is 7.21. The molecule has 1 aromatic carbocycles. The van der Waals surface area contributed by atoms with Crippen LogP contribution in [0.5, 0.6) is 0 Å². The number of benzene rings is 1. The van der Waals surface area contributed by atoms with Gasteiger partial charge in [-0.25, -0.2) is 0 Å². The van der Waals surface area contributed by atoms with Crippen LogP contribution in [0.15, 0.2) is 12.1 Å². The van der Waals surface area contributed by atoms with Crippen LogP contribution < -0.4 is 11.1 Å². The smallest absolute Gasteiger partial charge is 0.231 e. The van der Waals surface area contributed by atoms with Crippen LogP contribution in [0.25, 0.3) is 0 Å². The molecule has 1 aliphatic carbocycles. The Kier molecular flexibility index (Phi) is 4.39. The van der Waals surface area contributed by atoms with E-state index in [-0.39, 0.29) is 5.91 Å². The van der Waals surface area contributed by atoms with E-state index in [1.807, 2.05) is 6.92 Å². The molecule has 0 unspecified atom stereocenters. The van der Waals surface area contributed by atoms with Gasteiger partial charge < -0.3 is 11.1 Å². The van der Waals surface area contributed by atoms with Crippen molar-refractivity contribution < 1.29 is 4.79 Å². The molecule has 5 heteroatoms. The number of halogens is 2. The molecule has 0 aromatic heterocycles. The van der Waals surface area contributed by atoms with Crippen LogP contribution >= 0.6 is 23.2 Å². The fourth-order valence-corrected chi connectivity index (χ4v) is 3.00. The number of carbonyl (C=O) groups excluding carboxylic acids is 1. The van der Waals surface area contributed by atoms with E-state index in [0.29, 0.717) is 22.3 Å². The number of amides is 1. The van der Waals surface area contributed by atoms with Gasteiger partial charge >= 0.3 is 0 Å². The predicted molar refractivity (Wildman–Crippen MR) is 79.8 cm³/mol. The third-order valence-electron chi connectivity index (χ3n) is 3.93. The summed E-state index contributed by atoms with van der Waals surface area (Å²) in [5.41, 5.74) is 6.80. The SMILES string of the molecule is Cc1cc(Cl)c(NC(=O)C2(CN)CCCC2)cc1Cl. The molecular weight excluding hydrogens is 283 g/mol. The Morgan fingerprint density at radius 2 is 1.95 bits per heavy atom. The van der Waals surface area contributed by atoms with Gasteiger partial charge in [0.05, 0.1) is 16.1 Å². The highest BCUT2D eigenvalue weighted by atomic mass is 35.5. The largest absolute Gasteiger partial charge is 0.329 e. The summed E-state index contributed by atoms with van der Waals surface area (Å²) in [5, 5.41) is 3.97. The number of nitrogens with one attached hydrogen (secondary N) is 1. The molecule has 1 aliphatic rings. The lowest BCUT2D eigenvalue weighted by molar-refractivity contribution is -0.124. The molecule has 3 N–H and O–H groups in total. The Morgan fingerprint density at radius 3 is 2.53 bits per heavy atom. The van der Waals surface area contributed by atoms with Crippen molar-refractivity contribution in [2.75, 3.05) is 11.9 Å². The topological polar surface area (TPSA) is 55.1 Å². The third-order valence-corrected chi connectivity index (χ3v) is 4.65. The highest BCUT2D eigenvalue weighted by Gasteiger charge is 2.39. The van der Waals surface area contributed by atoms with Crippen LogP contribution in [-0.2, 0) is 4.79 Å². The monoisotopic (exact) mass is 300 g/mol. The minimum Gasteiger partial charge on any atom is -0.329 e. The number of nitrogens with two attached hydrogens (primary N) is 1. The van der Waals surface area contributed by atoms with Crippen molar-refractivity contribution in [3.05, 3.63) is 27.7 Å². The van der Waals surface area contributed by atoms with Gasteiger partial charge in [0, 0.05) is 11.6 Å². The van der Waals surface area contributed by atoms with E-state index in [1.54, 1.807) is 12.1 Å². The van der Waals surface area contributed by atoms with E-state index in [1.165, 1.54) is 0 Å². The van der Waals surface area contributed by atoms with Crippen molar-refractivity contribution in [2.24, 2.45) is 11.1 Å². The molecule has 3 nitrogen and oxygen atoms in total. The second-order valence-corrected chi connectivity index (χ2v) is 6.04. The first kappa shape index (κ1) is 14.6. The summed E-state index contributed by atoms with van der Waals surface area (Å²) in [5.74, 6) is -0.0469. The van der Waals surface area contributed by atoms with Crippen LogP contribution in [0, 0.1) is 12.3 Å². The zero-order valence-electron chi connectivity index (χ0n) is 10.9. The number of rotatable bonds is 3. The van der Waals surface area contributed by atoms with Crippen molar-refractivity contribution in [3.63, 3.8) is 0 Å². The lowest BCUT2D eigenvalue weighted by Gasteiger charge is -2.26. The molecule has 0 saturated heterocycles. The van der Waals surface area contributed by atoms with Gasteiger partial charge in [0.25, 0.3) is 0 Å². The minimum atomic E-state index is -0.444. The molecule has 1 saturated carbocycles. The highest BCUT2D eigenvalue weighted by Crippen LogP contribution is 2.39. The standard InChI is InChI=1S/C14H18Cl2N2O/c1-9-6-11(16)12(7-10(9)15)18-13(19)14(8-17)4-2-3-5-14/h6-7H,2-5,8,17H2,1H3,(H,18,19). The number of anilines is 1. The van der Waals surface area contributed by atoms with Crippen molar-refractivity contribution in [3.8, 4) is 0 Å². The summed E-state index contributed by atoms with van der Waals surface area (Å²) in [6, 6.07) is 3.44. The normalized spacial score (nSPS) is 17.5. The van der Waals surface area contributed by atoms with Gasteiger partial charge in [0.1, 0.15) is 0 Å². The van der Waals surface area contributed by atoms with Crippen LogP contribution in [0.3, 0.4) is 0 Å². The van der Waals surface area contributed by atoms with E-state index >= 15 is 0 Å². The Balaban J connectivity index is 2.21. The van der Waals surface area contributed by atoms with Gasteiger partial charge in [-0.3, -0.25) is 4.79 Å². The van der Waals surface area contributed by atoms with Gasteiger partial charge in [-0.1, -0.05) is 36.0 Å². The molecule has 0 bridgehead atoms. The Bertz CT molecular complexity index is 496.